The van der Waals surface area contributed by atoms with Gasteiger partial charge in [-0.2, -0.15) is 0 Å². The maximum Gasteiger partial charge on any atom is 0.356 e. The van der Waals surface area contributed by atoms with Crippen LogP contribution in [0.3, 0.4) is 0 Å². The van der Waals surface area contributed by atoms with E-state index in [9.17, 15) is 19.2 Å². The fraction of sp³-hybridized carbons (Fsp3) is 0.231. The number of hydrogen-bond donors (Lipinski definition) is 2. The quantitative estimate of drug-likeness (QED) is 0.306. The number of methoxy groups -OCH3 is 1. The minimum absolute atomic E-state index is 0.0486. The Morgan fingerprint density at radius 3 is 2.56 bits per heavy atom. The Morgan fingerprint density at radius 2 is 1.86 bits per heavy atom. The number of hydrogen-bond acceptors (Lipinski definition) is 6. The van der Waals surface area contributed by atoms with E-state index >= 15 is 0 Å². The molecular weight excluding hydrogens is 488 g/mol. The van der Waals surface area contributed by atoms with Crippen LogP contribution in [0.5, 0.6) is 5.75 Å². The van der Waals surface area contributed by atoms with Crippen molar-refractivity contribution in [1.82, 2.24) is 9.88 Å². The van der Waals surface area contributed by atoms with Gasteiger partial charge in [0.25, 0.3) is 0 Å². The van der Waals surface area contributed by atoms with Gasteiger partial charge in [-0.1, -0.05) is 35.9 Å². The molecule has 3 rings (SSSR count). The summed E-state index contributed by atoms with van der Waals surface area (Å²) in [5.41, 5.74) is 1.24. The maximum absolute atomic E-state index is 13.0. The molecule has 36 heavy (non-hydrogen) atoms. The van der Waals surface area contributed by atoms with Gasteiger partial charge in [0.15, 0.2) is 0 Å². The van der Waals surface area contributed by atoms with Gasteiger partial charge in [-0.05, 0) is 31.2 Å². The maximum atomic E-state index is 13.0. The van der Waals surface area contributed by atoms with E-state index in [4.69, 9.17) is 26.2 Å². The number of nitrogens with one attached hydrogen (secondary N) is 1. The summed E-state index contributed by atoms with van der Waals surface area (Å²) in [5, 5.41) is 12.5. The van der Waals surface area contributed by atoms with E-state index < -0.39 is 30.2 Å². The molecule has 0 saturated heterocycles. The lowest BCUT2D eigenvalue weighted by Gasteiger charge is -2.09. The SMILES string of the molecule is CCOC(=O)c1c(/C=C/C(=O)NCc2ccccc2OC)c2ccc(Cl)cc2n1C(=O)CCC(=O)O. The van der Waals surface area contributed by atoms with Crippen molar-refractivity contribution in [2.75, 3.05) is 13.7 Å². The number of carboxylic acid groups (broad SMARTS) is 1. The summed E-state index contributed by atoms with van der Waals surface area (Å²) in [5.74, 6) is -2.37. The van der Waals surface area contributed by atoms with Crippen molar-refractivity contribution in [3.8, 4) is 5.75 Å². The summed E-state index contributed by atoms with van der Waals surface area (Å²) in [7, 11) is 1.54. The number of nitrogens with zero attached hydrogens (tertiary/aromatic N) is 1. The molecule has 9 nitrogen and oxygen atoms in total. The number of carbonyl (C=O) groups excluding carboxylic acids is 3. The van der Waals surface area contributed by atoms with Crippen LogP contribution in [-0.2, 0) is 20.9 Å². The van der Waals surface area contributed by atoms with E-state index in [1.165, 1.54) is 25.3 Å². The predicted molar refractivity (Wildman–Crippen MR) is 134 cm³/mol. The molecule has 2 N–H and O–H groups in total. The van der Waals surface area contributed by atoms with Gasteiger partial charge < -0.3 is 19.9 Å². The zero-order valence-electron chi connectivity index (χ0n) is 19.7. The van der Waals surface area contributed by atoms with Crippen LogP contribution < -0.4 is 10.1 Å². The second kappa shape index (κ2) is 12.0. The molecule has 0 spiro atoms. The van der Waals surface area contributed by atoms with Crippen LogP contribution in [-0.4, -0.2) is 47.1 Å². The van der Waals surface area contributed by atoms with E-state index in [1.807, 2.05) is 18.2 Å². The van der Waals surface area contributed by atoms with Gasteiger partial charge in [-0.3, -0.25) is 19.0 Å². The highest BCUT2D eigenvalue weighted by Gasteiger charge is 2.26. The number of fused-ring (bicyclic) bond motifs is 1. The standard InChI is InChI=1S/C26H25ClN2O7/c1-3-36-26(34)25-19(10-11-22(30)28-15-16-6-4-5-7-21(16)35-2)18-9-8-17(27)14-20(18)29(25)23(31)12-13-24(32)33/h4-11,14H,3,12-13,15H2,1-2H3,(H,28,30)(H,32,33)/b11-10+. The van der Waals surface area contributed by atoms with Crippen molar-refractivity contribution in [2.45, 2.75) is 26.3 Å². The molecule has 1 amide bonds. The average molecular weight is 513 g/mol. The number of para-hydroxylation sites is 1. The fourth-order valence-corrected chi connectivity index (χ4v) is 3.86. The molecule has 1 aromatic heterocycles. The third-order valence-electron chi connectivity index (χ3n) is 5.29. The molecule has 0 atom stereocenters. The molecule has 3 aromatic rings. The van der Waals surface area contributed by atoms with Crippen molar-refractivity contribution in [2.24, 2.45) is 0 Å². The minimum Gasteiger partial charge on any atom is -0.496 e. The van der Waals surface area contributed by atoms with E-state index in [2.05, 4.69) is 5.32 Å². The van der Waals surface area contributed by atoms with Gasteiger partial charge in [0.05, 0.1) is 25.7 Å². The molecule has 2 aromatic carbocycles. The number of aromatic nitrogens is 1. The summed E-state index contributed by atoms with van der Waals surface area (Å²) in [6, 6.07) is 12.0. The lowest BCUT2D eigenvalue weighted by Crippen LogP contribution is -2.21. The first kappa shape index (κ1) is 26.5. The summed E-state index contributed by atoms with van der Waals surface area (Å²) >= 11 is 6.15. The molecule has 0 aliphatic carbocycles. The third kappa shape index (κ3) is 6.11. The van der Waals surface area contributed by atoms with Crippen LogP contribution in [0.4, 0.5) is 0 Å². The summed E-state index contributed by atoms with van der Waals surface area (Å²) in [6.07, 6.45) is 1.90. The Kier molecular flexibility index (Phi) is 8.86. The van der Waals surface area contributed by atoms with Gasteiger partial charge >= 0.3 is 11.9 Å². The van der Waals surface area contributed by atoms with E-state index in [1.54, 1.807) is 25.1 Å². The Balaban J connectivity index is 2.01. The number of esters is 1. The monoisotopic (exact) mass is 512 g/mol. The van der Waals surface area contributed by atoms with Crippen LogP contribution >= 0.6 is 11.6 Å². The van der Waals surface area contributed by atoms with Gasteiger partial charge in [0.1, 0.15) is 11.4 Å². The Labute approximate surface area is 212 Å². The van der Waals surface area contributed by atoms with Gasteiger partial charge in [-0.15, -0.1) is 0 Å². The van der Waals surface area contributed by atoms with Crippen LogP contribution in [0.15, 0.2) is 48.5 Å². The first-order valence-electron chi connectivity index (χ1n) is 11.1. The Bertz CT molecular complexity index is 1340. The molecule has 0 aliphatic heterocycles. The number of aliphatic carboxylic acids is 1. The molecule has 0 radical (unpaired) electrons. The number of carboxylic acids is 1. The summed E-state index contributed by atoms with van der Waals surface area (Å²) < 4.78 is 11.6. The number of ether oxygens (including phenoxy) is 2. The largest absolute Gasteiger partial charge is 0.496 e. The second-order valence-corrected chi connectivity index (χ2v) is 8.07. The number of rotatable bonds is 10. The Morgan fingerprint density at radius 1 is 1.11 bits per heavy atom. The third-order valence-corrected chi connectivity index (χ3v) is 5.52. The minimum atomic E-state index is -1.15. The summed E-state index contributed by atoms with van der Waals surface area (Å²) in [4.78, 5) is 49.5. The van der Waals surface area contributed by atoms with Crippen LogP contribution in [0.2, 0.25) is 5.02 Å². The number of amides is 1. The zero-order valence-corrected chi connectivity index (χ0v) is 20.5. The highest BCUT2D eigenvalue weighted by atomic mass is 35.5. The molecule has 0 fully saturated rings. The van der Waals surface area contributed by atoms with Crippen LogP contribution in [0.25, 0.3) is 17.0 Å². The van der Waals surface area contributed by atoms with E-state index in [0.717, 1.165) is 10.1 Å². The molecule has 0 aliphatic rings. The van der Waals surface area contributed by atoms with E-state index in [0.29, 0.717) is 21.7 Å². The normalized spacial score (nSPS) is 11.0. The lowest BCUT2D eigenvalue weighted by molar-refractivity contribution is -0.137. The number of benzene rings is 2. The van der Waals surface area contributed by atoms with E-state index in [-0.39, 0.29) is 30.8 Å². The molecular formula is C26H25ClN2O7. The van der Waals surface area contributed by atoms with Crippen LogP contribution in [0, 0.1) is 0 Å². The van der Waals surface area contributed by atoms with Crippen molar-refractivity contribution in [3.05, 3.63) is 70.4 Å². The molecule has 0 unspecified atom stereocenters. The number of carbonyl (C=O) groups is 4. The highest BCUT2D eigenvalue weighted by molar-refractivity contribution is 6.31. The highest BCUT2D eigenvalue weighted by Crippen LogP contribution is 2.31. The van der Waals surface area contributed by atoms with Crippen LogP contribution in [0.1, 0.15) is 46.2 Å². The molecule has 0 saturated carbocycles. The molecule has 10 heteroatoms. The van der Waals surface area contributed by atoms with Crippen molar-refractivity contribution in [3.63, 3.8) is 0 Å². The predicted octanol–water partition coefficient (Wildman–Crippen LogP) is 4.31. The molecule has 0 bridgehead atoms. The van der Waals surface area contributed by atoms with Crippen molar-refractivity contribution in [1.29, 1.82) is 0 Å². The van der Waals surface area contributed by atoms with Crippen molar-refractivity contribution < 1.29 is 33.8 Å². The Hall–Kier alpha value is -4.11. The van der Waals surface area contributed by atoms with Gasteiger partial charge in [0.2, 0.25) is 11.8 Å². The zero-order chi connectivity index (χ0) is 26.2. The second-order valence-electron chi connectivity index (χ2n) is 7.63. The number of halogens is 1. The lowest BCUT2D eigenvalue weighted by atomic mass is 10.1. The molecule has 188 valence electrons. The smallest absolute Gasteiger partial charge is 0.356 e. The topological polar surface area (TPSA) is 124 Å². The van der Waals surface area contributed by atoms with Gasteiger partial charge in [-0.25, -0.2) is 4.79 Å². The first-order chi connectivity index (χ1) is 17.3. The van der Waals surface area contributed by atoms with Crippen molar-refractivity contribution >= 4 is 52.3 Å². The van der Waals surface area contributed by atoms with Gasteiger partial charge in [0, 0.05) is 40.6 Å². The summed E-state index contributed by atoms with van der Waals surface area (Å²) in [6.45, 7) is 1.88. The molecule has 1 heterocycles. The average Bonchev–Trinajstić information content (AvgIpc) is 3.18. The first-order valence-corrected chi connectivity index (χ1v) is 11.5. The fourth-order valence-electron chi connectivity index (χ4n) is 3.69.